The molecule has 4 bridgehead atoms. The molecule has 2 heteroatoms. The van der Waals surface area contributed by atoms with Gasteiger partial charge in [0, 0.05) is 0 Å². The molecule has 4 saturated carbocycles. The Balaban J connectivity index is 1.80. The summed E-state index contributed by atoms with van der Waals surface area (Å²) >= 11 is 0. The van der Waals surface area contributed by atoms with Crippen LogP contribution in [0.1, 0.15) is 33.6 Å². The predicted octanol–water partition coefficient (Wildman–Crippen LogP) is 2.48. The van der Waals surface area contributed by atoms with E-state index in [2.05, 4.69) is 20.8 Å². The largest absolute Gasteiger partial charge is 0.465 e. The first-order chi connectivity index (χ1) is 7.15. The zero-order chi connectivity index (χ0) is 10.8. The Morgan fingerprint density at radius 2 is 2.20 bits per heavy atom. The lowest BCUT2D eigenvalue weighted by molar-refractivity contribution is -0.152. The van der Waals surface area contributed by atoms with E-state index < -0.39 is 0 Å². The number of carbonyl (C=O) groups excluding carboxylic acids is 1. The van der Waals surface area contributed by atoms with E-state index in [9.17, 15) is 4.79 Å². The van der Waals surface area contributed by atoms with E-state index in [1.807, 2.05) is 0 Å². The maximum absolute atomic E-state index is 12.1. The van der Waals surface area contributed by atoms with Gasteiger partial charge in [-0.25, -0.2) is 0 Å². The molecule has 84 valence electrons. The fourth-order valence-electron chi connectivity index (χ4n) is 4.88. The first kappa shape index (κ1) is 9.68. The van der Waals surface area contributed by atoms with Crippen molar-refractivity contribution in [1.29, 1.82) is 0 Å². The van der Waals surface area contributed by atoms with E-state index >= 15 is 0 Å². The zero-order valence-electron chi connectivity index (χ0n) is 9.82. The molecule has 4 aliphatic rings. The fraction of sp³-hybridized carbons (Fsp3) is 0.923. The summed E-state index contributed by atoms with van der Waals surface area (Å²) in [5.74, 6) is 3.61. The Morgan fingerprint density at radius 3 is 2.60 bits per heavy atom. The van der Waals surface area contributed by atoms with E-state index in [0.29, 0.717) is 24.4 Å². The van der Waals surface area contributed by atoms with Crippen molar-refractivity contribution in [2.45, 2.75) is 33.6 Å². The Hall–Kier alpha value is -0.530. The van der Waals surface area contributed by atoms with Crippen molar-refractivity contribution in [2.24, 2.45) is 35.0 Å². The monoisotopic (exact) mass is 208 g/mol. The number of hydrogen-bond donors (Lipinski definition) is 0. The number of carbonyl (C=O) groups is 1. The third kappa shape index (κ3) is 0.857. The standard InChI is InChI=1S/C13H20O2/c1-4-5-15-12(14)13-8(3)9-6-10(13)11(13)7(9)2/h7-11H,4-6H2,1-3H3. The third-order valence-electron chi connectivity index (χ3n) is 5.44. The van der Waals surface area contributed by atoms with Crippen LogP contribution in [0.5, 0.6) is 0 Å². The van der Waals surface area contributed by atoms with Crippen molar-refractivity contribution < 1.29 is 9.53 Å². The van der Waals surface area contributed by atoms with Gasteiger partial charge in [0.1, 0.15) is 0 Å². The van der Waals surface area contributed by atoms with Crippen molar-refractivity contribution in [1.82, 2.24) is 0 Å². The molecule has 0 aromatic carbocycles. The second-order valence-electron chi connectivity index (χ2n) is 5.75. The van der Waals surface area contributed by atoms with Crippen LogP contribution in [0.3, 0.4) is 0 Å². The van der Waals surface area contributed by atoms with Gasteiger partial charge in [-0.1, -0.05) is 20.8 Å². The summed E-state index contributed by atoms with van der Waals surface area (Å²) < 4.78 is 5.40. The molecule has 0 N–H and O–H groups in total. The molecule has 4 rings (SSSR count). The molecule has 4 fully saturated rings. The minimum absolute atomic E-state index is 0.0285. The second kappa shape index (κ2) is 2.78. The minimum atomic E-state index is -0.0285. The molecule has 0 aromatic heterocycles. The van der Waals surface area contributed by atoms with Crippen molar-refractivity contribution in [2.75, 3.05) is 6.61 Å². The predicted molar refractivity (Wildman–Crippen MR) is 57.1 cm³/mol. The van der Waals surface area contributed by atoms with Crippen LogP contribution >= 0.6 is 0 Å². The van der Waals surface area contributed by atoms with Gasteiger partial charge < -0.3 is 4.74 Å². The van der Waals surface area contributed by atoms with E-state index in [4.69, 9.17) is 4.74 Å². The smallest absolute Gasteiger partial charge is 0.312 e. The highest BCUT2D eigenvalue weighted by atomic mass is 16.5. The van der Waals surface area contributed by atoms with Crippen LogP contribution in [0.15, 0.2) is 0 Å². The molecule has 0 radical (unpaired) electrons. The highest BCUT2D eigenvalue weighted by Crippen LogP contribution is 2.83. The van der Waals surface area contributed by atoms with Gasteiger partial charge in [-0.2, -0.15) is 0 Å². The molecule has 2 nitrogen and oxygen atoms in total. The van der Waals surface area contributed by atoms with Gasteiger partial charge in [-0.3, -0.25) is 4.79 Å². The maximum atomic E-state index is 12.1. The number of rotatable bonds is 3. The first-order valence-electron chi connectivity index (χ1n) is 6.32. The lowest BCUT2D eigenvalue weighted by Crippen LogP contribution is -2.25. The van der Waals surface area contributed by atoms with E-state index in [1.54, 1.807) is 0 Å². The van der Waals surface area contributed by atoms with Crippen LogP contribution in [-0.2, 0) is 9.53 Å². The molecule has 0 amide bonds. The lowest BCUT2D eigenvalue weighted by Gasteiger charge is -2.17. The van der Waals surface area contributed by atoms with Crippen molar-refractivity contribution in [3.05, 3.63) is 0 Å². The van der Waals surface area contributed by atoms with Crippen LogP contribution in [-0.4, -0.2) is 12.6 Å². The fourth-order valence-corrected chi connectivity index (χ4v) is 4.88. The molecular formula is C13H20O2. The van der Waals surface area contributed by atoms with Crippen LogP contribution < -0.4 is 0 Å². The van der Waals surface area contributed by atoms with Crippen molar-refractivity contribution in [3.8, 4) is 0 Å². The number of ether oxygens (including phenoxy) is 1. The third-order valence-corrected chi connectivity index (χ3v) is 5.44. The van der Waals surface area contributed by atoms with Crippen LogP contribution in [0.4, 0.5) is 0 Å². The quantitative estimate of drug-likeness (QED) is 0.666. The summed E-state index contributed by atoms with van der Waals surface area (Å²) in [6.45, 7) is 7.25. The molecule has 6 unspecified atom stereocenters. The van der Waals surface area contributed by atoms with Gasteiger partial charge in [0.25, 0.3) is 0 Å². The number of hydrogen-bond acceptors (Lipinski definition) is 2. The Bertz CT molecular complexity index is 308. The molecular weight excluding hydrogens is 188 g/mol. The normalized spacial score (nSPS) is 54.5. The maximum Gasteiger partial charge on any atom is 0.312 e. The molecule has 0 heterocycles. The average molecular weight is 208 g/mol. The lowest BCUT2D eigenvalue weighted by atomic mass is 9.90. The molecule has 4 aliphatic carbocycles. The summed E-state index contributed by atoms with van der Waals surface area (Å²) in [6.07, 6.45) is 2.22. The van der Waals surface area contributed by atoms with E-state index in [1.165, 1.54) is 6.42 Å². The number of esters is 1. The summed E-state index contributed by atoms with van der Waals surface area (Å²) in [5, 5.41) is 0. The molecule has 0 aromatic rings. The molecule has 0 aliphatic heterocycles. The summed E-state index contributed by atoms with van der Waals surface area (Å²) in [6, 6.07) is 0. The van der Waals surface area contributed by atoms with Gasteiger partial charge in [0.2, 0.25) is 0 Å². The summed E-state index contributed by atoms with van der Waals surface area (Å²) in [5.41, 5.74) is -0.0285. The highest BCUT2D eigenvalue weighted by Gasteiger charge is 2.84. The Morgan fingerprint density at radius 1 is 1.47 bits per heavy atom. The molecule has 0 spiro atoms. The highest BCUT2D eigenvalue weighted by molar-refractivity contribution is 5.84. The average Bonchev–Trinajstić information content (AvgIpc) is 2.52. The SMILES string of the molecule is CCCOC(=O)C12C(C)C3CC1C2C3C. The Kier molecular flexibility index (Phi) is 1.79. The van der Waals surface area contributed by atoms with Crippen molar-refractivity contribution in [3.63, 3.8) is 0 Å². The molecule has 6 atom stereocenters. The van der Waals surface area contributed by atoms with E-state index in [0.717, 1.165) is 18.3 Å². The van der Waals surface area contributed by atoms with Crippen molar-refractivity contribution >= 4 is 5.97 Å². The summed E-state index contributed by atoms with van der Waals surface area (Å²) in [7, 11) is 0. The van der Waals surface area contributed by atoms with Gasteiger partial charge in [-0.15, -0.1) is 0 Å². The zero-order valence-corrected chi connectivity index (χ0v) is 9.82. The van der Waals surface area contributed by atoms with Crippen LogP contribution in [0.2, 0.25) is 0 Å². The van der Waals surface area contributed by atoms with Gasteiger partial charge in [0.15, 0.2) is 0 Å². The Labute approximate surface area is 91.4 Å². The van der Waals surface area contributed by atoms with Crippen LogP contribution in [0.25, 0.3) is 0 Å². The molecule has 15 heavy (non-hydrogen) atoms. The second-order valence-corrected chi connectivity index (χ2v) is 5.75. The summed E-state index contributed by atoms with van der Waals surface area (Å²) in [4.78, 5) is 12.1. The van der Waals surface area contributed by atoms with Crippen LogP contribution in [0, 0.1) is 35.0 Å². The molecule has 0 saturated heterocycles. The topological polar surface area (TPSA) is 26.3 Å². The van der Waals surface area contributed by atoms with E-state index in [-0.39, 0.29) is 11.4 Å². The van der Waals surface area contributed by atoms with Gasteiger partial charge in [-0.05, 0) is 42.4 Å². The first-order valence-corrected chi connectivity index (χ1v) is 6.32. The van der Waals surface area contributed by atoms with Gasteiger partial charge in [0.05, 0.1) is 12.0 Å². The minimum Gasteiger partial charge on any atom is -0.465 e. The van der Waals surface area contributed by atoms with Gasteiger partial charge >= 0.3 is 5.97 Å².